The Morgan fingerprint density at radius 1 is 1.50 bits per heavy atom. The molecule has 4 nitrogen and oxygen atoms in total. The second-order valence-corrected chi connectivity index (χ2v) is 2.66. The number of nitrogens with zero attached hydrogens (tertiary/aromatic N) is 2. The Morgan fingerprint density at radius 3 is 2.56 bits per heavy atom. The summed E-state index contributed by atoms with van der Waals surface area (Å²) in [5, 5.41) is 8.48. The molecular weight excluding hydrogens is 230 g/mol. The molecule has 0 spiro atoms. The summed E-state index contributed by atoms with van der Waals surface area (Å²) < 4.78 is 51.5. The van der Waals surface area contributed by atoms with Gasteiger partial charge in [-0.25, -0.2) is 9.37 Å². The fourth-order valence-electron chi connectivity index (χ4n) is 0.946. The Bertz CT molecular complexity index is 438. The molecule has 1 heterocycles. The van der Waals surface area contributed by atoms with E-state index in [9.17, 15) is 17.6 Å². The second-order valence-electron chi connectivity index (χ2n) is 2.66. The SMILES string of the molecule is N#Cc1nc(CF)c(OC(F)(F)F)cc1N. The Kier molecular flexibility index (Phi) is 3.17. The summed E-state index contributed by atoms with van der Waals surface area (Å²) in [5.41, 5.74) is 3.95. The summed E-state index contributed by atoms with van der Waals surface area (Å²) in [4.78, 5) is 3.31. The average Bonchev–Trinajstić information content (AvgIpc) is 2.16. The molecule has 0 atom stereocenters. The van der Waals surface area contributed by atoms with Gasteiger partial charge in [-0.3, -0.25) is 0 Å². The first kappa shape index (κ1) is 12.0. The van der Waals surface area contributed by atoms with Crippen molar-refractivity contribution in [2.24, 2.45) is 0 Å². The van der Waals surface area contributed by atoms with Gasteiger partial charge in [-0.15, -0.1) is 13.2 Å². The maximum atomic E-state index is 12.3. The van der Waals surface area contributed by atoms with Crippen molar-refractivity contribution in [3.63, 3.8) is 0 Å². The van der Waals surface area contributed by atoms with Gasteiger partial charge in [0.25, 0.3) is 0 Å². The molecule has 86 valence electrons. The monoisotopic (exact) mass is 235 g/mol. The van der Waals surface area contributed by atoms with Gasteiger partial charge in [0.15, 0.2) is 11.4 Å². The molecule has 16 heavy (non-hydrogen) atoms. The summed E-state index contributed by atoms with van der Waals surface area (Å²) in [6.07, 6.45) is -4.97. The highest BCUT2D eigenvalue weighted by Crippen LogP contribution is 2.28. The van der Waals surface area contributed by atoms with Crippen LogP contribution >= 0.6 is 0 Å². The molecule has 0 aliphatic rings. The highest BCUT2D eigenvalue weighted by Gasteiger charge is 2.32. The number of nitrogen functional groups attached to an aromatic ring is 1. The number of anilines is 1. The first-order chi connectivity index (χ1) is 7.37. The fourth-order valence-corrected chi connectivity index (χ4v) is 0.946. The Hall–Kier alpha value is -2.04. The minimum atomic E-state index is -4.97. The van der Waals surface area contributed by atoms with E-state index in [1.54, 1.807) is 0 Å². The number of hydrogen-bond acceptors (Lipinski definition) is 4. The maximum absolute atomic E-state index is 12.3. The molecule has 1 rings (SSSR count). The number of alkyl halides is 4. The highest BCUT2D eigenvalue weighted by atomic mass is 19.4. The van der Waals surface area contributed by atoms with Crippen molar-refractivity contribution >= 4 is 5.69 Å². The molecule has 2 N–H and O–H groups in total. The minimum Gasteiger partial charge on any atom is -0.404 e. The van der Waals surface area contributed by atoms with Crippen LogP contribution < -0.4 is 10.5 Å². The van der Waals surface area contributed by atoms with E-state index in [-0.39, 0.29) is 11.4 Å². The molecule has 0 saturated heterocycles. The van der Waals surface area contributed by atoms with Gasteiger partial charge >= 0.3 is 6.36 Å². The number of pyridine rings is 1. The number of aromatic nitrogens is 1. The lowest BCUT2D eigenvalue weighted by Gasteiger charge is -2.12. The van der Waals surface area contributed by atoms with Crippen molar-refractivity contribution in [3.05, 3.63) is 17.5 Å². The van der Waals surface area contributed by atoms with E-state index in [2.05, 4.69) is 9.72 Å². The number of rotatable bonds is 2. The van der Waals surface area contributed by atoms with Crippen LogP contribution in [0.3, 0.4) is 0 Å². The van der Waals surface area contributed by atoms with Crippen LogP contribution in [0.25, 0.3) is 0 Å². The topological polar surface area (TPSA) is 71.9 Å². The zero-order valence-corrected chi connectivity index (χ0v) is 7.68. The smallest absolute Gasteiger partial charge is 0.404 e. The lowest BCUT2D eigenvalue weighted by molar-refractivity contribution is -0.275. The lowest BCUT2D eigenvalue weighted by Crippen LogP contribution is -2.19. The standard InChI is InChI=1S/C8H5F4N3O/c9-2-5-7(16-8(10,11)12)1-4(14)6(3-13)15-5/h1H,2,14H2. The van der Waals surface area contributed by atoms with Crippen LogP contribution in [0.1, 0.15) is 11.4 Å². The van der Waals surface area contributed by atoms with Gasteiger partial charge in [-0.2, -0.15) is 5.26 Å². The molecule has 0 unspecified atom stereocenters. The van der Waals surface area contributed by atoms with Crippen molar-refractivity contribution in [3.8, 4) is 11.8 Å². The highest BCUT2D eigenvalue weighted by molar-refractivity contribution is 5.54. The van der Waals surface area contributed by atoms with Crippen molar-refractivity contribution in [2.75, 3.05) is 5.73 Å². The molecular formula is C8H5F4N3O. The van der Waals surface area contributed by atoms with Crippen LogP contribution in [0.4, 0.5) is 23.2 Å². The zero-order valence-electron chi connectivity index (χ0n) is 7.68. The first-order valence-electron chi connectivity index (χ1n) is 3.88. The van der Waals surface area contributed by atoms with Crippen LogP contribution in [-0.4, -0.2) is 11.3 Å². The fraction of sp³-hybridized carbons (Fsp3) is 0.250. The van der Waals surface area contributed by atoms with Crippen LogP contribution in [0.5, 0.6) is 5.75 Å². The Labute approximate surface area is 87.3 Å². The third-order valence-electron chi connectivity index (χ3n) is 1.55. The molecule has 0 fully saturated rings. The largest absolute Gasteiger partial charge is 0.573 e. The molecule has 1 aromatic heterocycles. The summed E-state index contributed by atoms with van der Waals surface area (Å²) in [6.45, 7) is -1.29. The van der Waals surface area contributed by atoms with E-state index in [1.807, 2.05) is 0 Å². The molecule has 0 aromatic carbocycles. The molecule has 1 aromatic rings. The predicted octanol–water partition coefficient (Wildman–Crippen LogP) is 1.90. The first-order valence-corrected chi connectivity index (χ1v) is 3.88. The molecule has 0 aliphatic carbocycles. The van der Waals surface area contributed by atoms with Gasteiger partial charge in [-0.05, 0) is 0 Å². The number of hydrogen-bond donors (Lipinski definition) is 1. The number of nitriles is 1. The lowest BCUT2D eigenvalue weighted by atomic mass is 10.2. The number of ether oxygens (including phenoxy) is 1. The van der Waals surface area contributed by atoms with Gasteiger partial charge in [0.05, 0.1) is 5.69 Å². The van der Waals surface area contributed by atoms with E-state index < -0.39 is 24.5 Å². The molecule has 0 bridgehead atoms. The van der Waals surface area contributed by atoms with Crippen molar-refractivity contribution in [2.45, 2.75) is 13.0 Å². The Balaban J connectivity index is 3.20. The molecule has 0 saturated carbocycles. The van der Waals surface area contributed by atoms with Gasteiger partial charge in [-0.1, -0.05) is 0 Å². The van der Waals surface area contributed by atoms with Gasteiger partial charge in [0, 0.05) is 6.07 Å². The van der Waals surface area contributed by atoms with Crippen molar-refractivity contribution < 1.29 is 22.3 Å². The van der Waals surface area contributed by atoms with Crippen LogP contribution in [0.15, 0.2) is 6.07 Å². The van der Waals surface area contributed by atoms with E-state index in [4.69, 9.17) is 11.0 Å². The number of nitrogens with two attached hydrogens (primary N) is 1. The third kappa shape index (κ3) is 2.73. The van der Waals surface area contributed by atoms with Crippen LogP contribution in [0.2, 0.25) is 0 Å². The van der Waals surface area contributed by atoms with Crippen molar-refractivity contribution in [1.82, 2.24) is 4.98 Å². The van der Waals surface area contributed by atoms with E-state index in [0.717, 1.165) is 0 Å². The normalized spacial score (nSPS) is 10.9. The van der Waals surface area contributed by atoms with E-state index in [0.29, 0.717) is 6.07 Å². The van der Waals surface area contributed by atoms with Crippen LogP contribution in [0, 0.1) is 11.3 Å². The summed E-state index contributed by atoms with van der Waals surface area (Å²) in [6, 6.07) is 2.24. The molecule has 8 heteroatoms. The summed E-state index contributed by atoms with van der Waals surface area (Å²) in [7, 11) is 0. The maximum Gasteiger partial charge on any atom is 0.573 e. The van der Waals surface area contributed by atoms with E-state index in [1.165, 1.54) is 6.07 Å². The average molecular weight is 235 g/mol. The molecule has 0 amide bonds. The Morgan fingerprint density at radius 2 is 2.12 bits per heavy atom. The van der Waals surface area contributed by atoms with Crippen molar-refractivity contribution in [1.29, 1.82) is 5.26 Å². The minimum absolute atomic E-state index is 0.307. The van der Waals surface area contributed by atoms with Gasteiger partial charge in [0.2, 0.25) is 0 Å². The third-order valence-corrected chi connectivity index (χ3v) is 1.55. The predicted molar refractivity (Wildman–Crippen MR) is 44.9 cm³/mol. The van der Waals surface area contributed by atoms with E-state index >= 15 is 0 Å². The number of halogens is 4. The van der Waals surface area contributed by atoms with Crippen LogP contribution in [-0.2, 0) is 6.67 Å². The summed E-state index contributed by atoms with van der Waals surface area (Å²) >= 11 is 0. The van der Waals surface area contributed by atoms with Gasteiger partial charge < -0.3 is 10.5 Å². The summed E-state index contributed by atoms with van der Waals surface area (Å²) in [5.74, 6) is -0.841. The second kappa shape index (κ2) is 4.22. The zero-order chi connectivity index (χ0) is 12.3. The van der Waals surface area contributed by atoms with Gasteiger partial charge in [0.1, 0.15) is 18.4 Å². The molecule has 0 radical (unpaired) electrons. The molecule has 0 aliphatic heterocycles. The quantitative estimate of drug-likeness (QED) is 0.794.